The normalized spacial score (nSPS) is 10.0. The minimum absolute atomic E-state index is 0.168. The molecule has 0 aliphatic heterocycles. The van der Waals surface area contributed by atoms with Crippen molar-refractivity contribution in [3.63, 3.8) is 0 Å². The highest BCUT2D eigenvalue weighted by Crippen LogP contribution is 2.03. The van der Waals surface area contributed by atoms with E-state index < -0.39 is 5.97 Å². The topological polar surface area (TPSA) is 57.6 Å². The van der Waals surface area contributed by atoms with Crippen molar-refractivity contribution >= 4 is 11.9 Å². The molecule has 0 aliphatic rings. The molecular formula is C10H18FNO3. The van der Waals surface area contributed by atoms with Gasteiger partial charge in [-0.1, -0.05) is 6.42 Å². The van der Waals surface area contributed by atoms with Gasteiger partial charge in [0.15, 0.2) is 0 Å². The average Bonchev–Trinajstić information content (AvgIpc) is 2.20. The number of aliphatic carboxylic acids is 1. The second-order valence-electron chi connectivity index (χ2n) is 3.30. The number of hydrogen-bond acceptors (Lipinski definition) is 2. The lowest BCUT2D eigenvalue weighted by Gasteiger charge is -2.18. The number of carbonyl (C=O) groups is 2. The fourth-order valence-electron chi connectivity index (χ4n) is 1.25. The lowest BCUT2D eigenvalue weighted by atomic mass is 10.2. The molecule has 0 rings (SSSR count). The molecule has 4 nitrogen and oxygen atoms in total. The zero-order chi connectivity index (χ0) is 11.7. The van der Waals surface area contributed by atoms with Gasteiger partial charge in [-0.05, 0) is 19.8 Å². The van der Waals surface area contributed by atoms with Crippen LogP contribution in [0.2, 0.25) is 0 Å². The summed E-state index contributed by atoms with van der Waals surface area (Å²) in [6, 6.07) is 0. The molecule has 0 heterocycles. The third kappa shape index (κ3) is 6.88. The standard InChI is InChI=1S/C10H18FNO3/c1-2-12(8-10(14)15)9(13)6-4-3-5-7-11/h2-8H2,1H3,(H,14,15). The van der Waals surface area contributed by atoms with E-state index in [4.69, 9.17) is 5.11 Å². The number of carbonyl (C=O) groups excluding carboxylic acids is 1. The van der Waals surface area contributed by atoms with Crippen molar-refractivity contribution in [2.24, 2.45) is 0 Å². The number of likely N-dealkylation sites (N-methyl/N-ethyl adjacent to an activating group) is 1. The summed E-state index contributed by atoms with van der Waals surface area (Å²) in [5.74, 6) is -1.17. The van der Waals surface area contributed by atoms with Crippen LogP contribution in [0.3, 0.4) is 0 Å². The molecule has 0 spiro atoms. The third-order valence-corrected chi connectivity index (χ3v) is 2.08. The molecule has 0 radical (unpaired) electrons. The Bertz CT molecular complexity index is 209. The highest BCUT2D eigenvalue weighted by atomic mass is 19.1. The Balaban J connectivity index is 3.78. The molecule has 88 valence electrons. The number of nitrogens with zero attached hydrogens (tertiary/aromatic N) is 1. The maximum absolute atomic E-state index is 11.7. The molecule has 0 saturated carbocycles. The first-order valence-corrected chi connectivity index (χ1v) is 5.17. The molecular weight excluding hydrogens is 201 g/mol. The summed E-state index contributed by atoms with van der Waals surface area (Å²) in [5, 5.41) is 8.53. The fraction of sp³-hybridized carbons (Fsp3) is 0.800. The Kier molecular flexibility index (Phi) is 7.58. The van der Waals surface area contributed by atoms with Crippen LogP contribution in [0, 0.1) is 0 Å². The Morgan fingerprint density at radius 1 is 1.27 bits per heavy atom. The minimum atomic E-state index is -1.01. The Hall–Kier alpha value is -1.13. The third-order valence-electron chi connectivity index (χ3n) is 2.08. The van der Waals surface area contributed by atoms with Gasteiger partial charge in [0.1, 0.15) is 6.54 Å². The Morgan fingerprint density at radius 2 is 1.93 bits per heavy atom. The van der Waals surface area contributed by atoms with Crippen molar-refractivity contribution in [1.82, 2.24) is 4.90 Å². The van der Waals surface area contributed by atoms with Crippen LogP contribution in [-0.2, 0) is 9.59 Å². The summed E-state index contributed by atoms with van der Waals surface area (Å²) < 4.78 is 11.7. The largest absolute Gasteiger partial charge is 0.480 e. The van der Waals surface area contributed by atoms with Crippen molar-refractivity contribution in [3.8, 4) is 0 Å². The van der Waals surface area contributed by atoms with Crippen molar-refractivity contribution < 1.29 is 19.1 Å². The van der Waals surface area contributed by atoms with Crippen molar-refractivity contribution in [3.05, 3.63) is 0 Å². The van der Waals surface area contributed by atoms with Gasteiger partial charge in [-0.15, -0.1) is 0 Å². The van der Waals surface area contributed by atoms with Crippen molar-refractivity contribution in [2.45, 2.75) is 32.6 Å². The van der Waals surface area contributed by atoms with E-state index in [1.54, 1.807) is 6.92 Å². The van der Waals surface area contributed by atoms with E-state index in [-0.39, 0.29) is 19.1 Å². The van der Waals surface area contributed by atoms with Crippen molar-refractivity contribution in [1.29, 1.82) is 0 Å². The van der Waals surface area contributed by atoms with Crippen LogP contribution in [0.5, 0.6) is 0 Å². The van der Waals surface area contributed by atoms with Gasteiger partial charge in [0.2, 0.25) is 5.91 Å². The monoisotopic (exact) mass is 219 g/mol. The molecule has 1 amide bonds. The first-order chi connectivity index (χ1) is 7.11. The smallest absolute Gasteiger partial charge is 0.323 e. The molecule has 0 aromatic rings. The first kappa shape index (κ1) is 13.9. The lowest BCUT2D eigenvalue weighted by molar-refractivity contribution is -0.144. The molecule has 0 aromatic heterocycles. The number of hydrogen-bond donors (Lipinski definition) is 1. The van der Waals surface area contributed by atoms with Crippen LogP contribution in [0.25, 0.3) is 0 Å². The van der Waals surface area contributed by atoms with Crippen LogP contribution >= 0.6 is 0 Å². The second kappa shape index (κ2) is 8.20. The summed E-state index contributed by atoms with van der Waals surface area (Å²) in [6.45, 7) is 1.52. The average molecular weight is 219 g/mol. The molecule has 0 saturated heterocycles. The Labute approximate surface area is 89.1 Å². The quantitative estimate of drug-likeness (QED) is 0.628. The predicted molar refractivity (Wildman–Crippen MR) is 54.3 cm³/mol. The number of rotatable bonds is 8. The van der Waals surface area contributed by atoms with Gasteiger partial charge in [0.25, 0.3) is 0 Å². The van der Waals surface area contributed by atoms with Crippen molar-refractivity contribution in [2.75, 3.05) is 19.8 Å². The summed E-state index contributed by atoms with van der Waals surface area (Å²) in [6.07, 6.45) is 2.07. The van der Waals surface area contributed by atoms with E-state index >= 15 is 0 Å². The van der Waals surface area contributed by atoms with E-state index in [9.17, 15) is 14.0 Å². The van der Waals surface area contributed by atoms with Gasteiger partial charge >= 0.3 is 5.97 Å². The van der Waals surface area contributed by atoms with Crippen LogP contribution in [0.15, 0.2) is 0 Å². The van der Waals surface area contributed by atoms with Gasteiger partial charge in [0.05, 0.1) is 6.67 Å². The zero-order valence-corrected chi connectivity index (χ0v) is 9.04. The maximum Gasteiger partial charge on any atom is 0.323 e. The molecule has 1 N–H and O–H groups in total. The van der Waals surface area contributed by atoms with E-state index in [1.807, 2.05) is 0 Å². The number of unbranched alkanes of at least 4 members (excludes halogenated alkanes) is 2. The summed E-state index contributed by atoms with van der Waals surface area (Å²) >= 11 is 0. The van der Waals surface area contributed by atoms with E-state index in [0.29, 0.717) is 32.2 Å². The number of carboxylic acid groups (broad SMARTS) is 1. The van der Waals surface area contributed by atoms with Crippen LogP contribution in [0.1, 0.15) is 32.6 Å². The second-order valence-corrected chi connectivity index (χ2v) is 3.30. The molecule has 0 aliphatic carbocycles. The van der Waals surface area contributed by atoms with E-state index in [2.05, 4.69) is 0 Å². The maximum atomic E-state index is 11.7. The molecule has 0 atom stereocenters. The summed E-state index contributed by atoms with van der Waals surface area (Å²) in [7, 11) is 0. The molecule has 0 fully saturated rings. The van der Waals surface area contributed by atoms with E-state index in [0.717, 1.165) is 0 Å². The molecule has 0 unspecified atom stereocenters. The molecule has 15 heavy (non-hydrogen) atoms. The SMILES string of the molecule is CCN(CC(=O)O)C(=O)CCCCCF. The van der Waals surface area contributed by atoms with Gasteiger partial charge in [-0.3, -0.25) is 14.0 Å². The van der Waals surface area contributed by atoms with Gasteiger partial charge in [-0.2, -0.15) is 0 Å². The lowest BCUT2D eigenvalue weighted by Crippen LogP contribution is -2.35. The molecule has 0 bridgehead atoms. The number of amides is 1. The predicted octanol–water partition coefficient (Wildman–Crippen LogP) is 1.45. The number of alkyl halides is 1. The minimum Gasteiger partial charge on any atom is -0.480 e. The Morgan fingerprint density at radius 3 is 2.40 bits per heavy atom. The number of halogens is 1. The molecule has 0 aromatic carbocycles. The van der Waals surface area contributed by atoms with E-state index in [1.165, 1.54) is 4.90 Å². The number of carboxylic acids is 1. The van der Waals surface area contributed by atoms with Gasteiger partial charge < -0.3 is 10.0 Å². The van der Waals surface area contributed by atoms with Crippen LogP contribution in [-0.4, -0.2) is 41.6 Å². The highest BCUT2D eigenvalue weighted by molar-refractivity contribution is 5.81. The molecule has 5 heteroatoms. The first-order valence-electron chi connectivity index (χ1n) is 5.17. The zero-order valence-electron chi connectivity index (χ0n) is 9.04. The highest BCUT2D eigenvalue weighted by Gasteiger charge is 2.13. The van der Waals surface area contributed by atoms with Gasteiger partial charge in [0, 0.05) is 13.0 Å². The fourth-order valence-corrected chi connectivity index (χ4v) is 1.25. The van der Waals surface area contributed by atoms with Gasteiger partial charge in [-0.25, -0.2) is 0 Å². The van der Waals surface area contributed by atoms with Crippen LogP contribution < -0.4 is 0 Å². The van der Waals surface area contributed by atoms with Crippen LogP contribution in [0.4, 0.5) is 4.39 Å². The summed E-state index contributed by atoms with van der Waals surface area (Å²) in [5.41, 5.74) is 0. The summed E-state index contributed by atoms with van der Waals surface area (Å²) in [4.78, 5) is 23.1.